The summed E-state index contributed by atoms with van der Waals surface area (Å²) in [5, 5.41) is 14.0. The van der Waals surface area contributed by atoms with Crippen molar-refractivity contribution < 1.29 is 9.59 Å². The molecular formula is C20H28N6O2. The Balaban J connectivity index is 1.64. The van der Waals surface area contributed by atoms with Crippen LogP contribution in [0.1, 0.15) is 50.2 Å². The molecule has 0 saturated carbocycles. The van der Waals surface area contributed by atoms with Gasteiger partial charge in [-0.15, -0.1) is 5.10 Å². The minimum atomic E-state index is -0.409. The molecule has 0 spiro atoms. The number of nitrogens with zero attached hydrogens (tertiary/aromatic N) is 4. The average Bonchev–Trinajstić information content (AvgIpc) is 3.07. The minimum absolute atomic E-state index is 0.0205. The minimum Gasteiger partial charge on any atom is -0.338 e. The summed E-state index contributed by atoms with van der Waals surface area (Å²) in [5.41, 5.74) is 2.63. The van der Waals surface area contributed by atoms with Crippen LogP contribution in [0.25, 0.3) is 0 Å². The second-order valence-electron chi connectivity index (χ2n) is 7.58. The summed E-state index contributed by atoms with van der Waals surface area (Å²) in [7, 11) is 0. The van der Waals surface area contributed by atoms with Crippen molar-refractivity contribution in [1.29, 1.82) is 0 Å². The van der Waals surface area contributed by atoms with Gasteiger partial charge in [-0.05, 0) is 24.8 Å². The van der Waals surface area contributed by atoms with Gasteiger partial charge in [0.1, 0.15) is 11.7 Å². The largest absolute Gasteiger partial charge is 0.338 e. The molecule has 3 amide bonds. The van der Waals surface area contributed by atoms with E-state index in [1.165, 1.54) is 0 Å². The molecule has 0 bridgehead atoms. The standard InChI is InChI=1S/C20H28N6O2/c1-14(2)9-10-21-20(28)22-11-17-18-13-25(12-16-7-5-4-6-8-16)19(27)15(3)26(18)24-23-17/h4-8,14-15H,9-13H2,1-3H3,(H2,21,22,28). The lowest BCUT2D eigenvalue weighted by atomic mass is 10.1. The van der Waals surface area contributed by atoms with Crippen molar-refractivity contribution in [3.8, 4) is 0 Å². The third-order valence-corrected chi connectivity index (χ3v) is 4.89. The van der Waals surface area contributed by atoms with Gasteiger partial charge in [-0.1, -0.05) is 49.4 Å². The van der Waals surface area contributed by atoms with E-state index >= 15 is 0 Å². The predicted molar refractivity (Wildman–Crippen MR) is 105 cm³/mol. The molecule has 1 aliphatic rings. The van der Waals surface area contributed by atoms with Gasteiger partial charge in [0.25, 0.3) is 0 Å². The van der Waals surface area contributed by atoms with Gasteiger partial charge in [-0.2, -0.15) is 0 Å². The van der Waals surface area contributed by atoms with E-state index in [-0.39, 0.29) is 18.5 Å². The van der Waals surface area contributed by atoms with Crippen molar-refractivity contribution in [3.63, 3.8) is 0 Å². The Kier molecular flexibility index (Phi) is 6.28. The molecule has 1 unspecified atom stereocenters. The first-order valence-electron chi connectivity index (χ1n) is 9.73. The van der Waals surface area contributed by atoms with E-state index in [0.717, 1.165) is 17.7 Å². The van der Waals surface area contributed by atoms with Crippen LogP contribution in [-0.4, -0.2) is 38.4 Å². The van der Waals surface area contributed by atoms with Gasteiger partial charge in [0.2, 0.25) is 5.91 Å². The number of aromatic nitrogens is 3. The number of rotatable bonds is 7. The molecule has 0 aliphatic carbocycles. The molecule has 3 rings (SSSR count). The summed E-state index contributed by atoms with van der Waals surface area (Å²) in [4.78, 5) is 26.5. The summed E-state index contributed by atoms with van der Waals surface area (Å²) >= 11 is 0. The Hall–Kier alpha value is -2.90. The van der Waals surface area contributed by atoms with Crippen LogP contribution in [0.5, 0.6) is 0 Å². The van der Waals surface area contributed by atoms with Crippen LogP contribution in [-0.2, 0) is 24.4 Å². The Morgan fingerprint density at radius 3 is 2.71 bits per heavy atom. The molecule has 150 valence electrons. The number of carbonyl (C=O) groups is 2. The molecule has 0 radical (unpaired) electrons. The number of hydrogen-bond donors (Lipinski definition) is 2. The second-order valence-corrected chi connectivity index (χ2v) is 7.58. The number of carbonyl (C=O) groups excluding carboxylic acids is 2. The Bertz CT molecular complexity index is 817. The normalized spacial score (nSPS) is 16.2. The molecule has 2 N–H and O–H groups in total. The molecule has 1 aromatic carbocycles. The molecule has 2 heterocycles. The van der Waals surface area contributed by atoms with E-state index in [2.05, 4.69) is 34.8 Å². The summed E-state index contributed by atoms with van der Waals surface area (Å²) in [6, 6.07) is 9.27. The highest BCUT2D eigenvalue weighted by atomic mass is 16.2. The molecule has 0 saturated heterocycles. The smallest absolute Gasteiger partial charge is 0.315 e. The van der Waals surface area contributed by atoms with Crippen LogP contribution in [0, 0.1) is 5.92 Å². The SMILES string of the molecule is CC(C)CCNC(=O)NCc1nnn2c1CN(Cc1ccccc1)C(=O)C2C. The molecule has 1 aliphatic heterocycles. The van der Waals surface area contributed by atoms with Crippen molar-refractivity contribution in [2.24, 2.45) is 5.92 Å². The quantitative estimate of drug-likeness (QED) is 0.766. The number of amides is 3. The monoisotopic (exact) mass is 384 g/mol. The maximum Gasteiger partial charge on any atom is 0.315 e. The zero-order valence-electron chi connectivity index (χ0n) is 16.7. The van der Waals surface area contributed by atoms with Crippen LogP contribution in [0.15, 0.2) is 30.3 Å². The van der Waals surface area contributed by atoms with E-state index in [9.17, 15) is 9.59 Å². The first kappa shape index (κ1) is 19.9. The molecule has 1 aromatic heterocycles. The summed E-state index contributed by atoms with van der Waals surface area (Å²) < 4.78 is 1.66. The number of hydrogen-bond acceptors (Lipinski definition) is 4. The Morgan fingerprint density at radius 1 is 1.25 bits per heavy atom. The third-order valence-electron chi connectivity index (χ3n) is 4.89. The maximum atomic E-state index is 12.7. The fourth-order valence-electron chi connectivity index (χ4n) is 3.22. The molecule has 0 fully saturated rings. The summed E-state index contributed by atoms with van der Waals surface area (Å²) in [6.45, 7) is 7.95. The molecule has 8 nitrogen and oxygen atoms in total. The van der Waals surface area contributed by atoms with Gasteiger partial charge in [0.05, 0.1) is 18.8 Å². The van der Waals surface area contributed by atoms with E-state index in [0.29, 0.717) is 31.2 Å². The van der Waals surface area contributed by atoms with E-state index < -0.39 is 6.04 Å². The van der Waals surface area contributed by atoms with Crippen molar-refractivity contribution >= 4 is 11.9 Å². The van der Waals surface area contributed by atoms with E-state index in [1.54, 1.807) is 4.68 Å². The fraction of sp³-hybridized carbons (Fsp3) is 0.500. The number of urea groups is 1. The summed E-state index contributed by atoms with van der Waals surface area (Å²) in [6.07, 6.45) is 0.933. The molecule has 2 aromatic rings. The Labute approximate surface area is 165 Å². The van der Waals surface area contributed by atoms with Crippen LogP contribution in [0.2, 0.25) is 0 Å². The van der Waals surface area contributed by atoms with Crippen LogP contribution >= 0.6 is 0 Å². The highest BCUT2D eigenvalue weighted by Gasteiger charge is 2.33. The first-order chi connectivity index (χ1) is 13.5. The van der Waals surface area contributed by atoms with Gasteiger partial charge < -0.3 is 15.5 Å². The van der Waals surface area contributed by atoms with Gasteiger partial charge in [0.15, 0.2) is 0 Å². The van der Waals surface area contributed by atoms with Gasteiger partial charge in [0, 0.05) is 13.1 Å². The maximum absolute atomic E-state index is 12.7. The van der Waals surface area contributed by atoms with Gasteiger partial charge in [-0.3, -0.25) is 4.79 Å². The molecule has 1 atom stereocenters. The number of fused-ring (bicyclic) bond motifs is 1. The molecule has 8 heteroatoms. The first-order valence-corrected chi connectivity index (χ1v) is 9.73. The zero-order chi connectivity index (χ0) is 20.1. The van der Waals surface area contributed by atoms with Crippen molar-refractivity contribution in [3.05, 3.63) is 47.3 Å². The predicted octanol–water partition coefficient (Wildman–Crippen LogP) is 2.23. The molecule has 28 heavy (non-hydrogen) atoms. The zero-order valence-corrected chi connectivity index (χ0v) is 16.7. The highest BCUT2D eigenvalue weighted by molar-refractivity contribution is 5.81. The van der Waals surface area contributed by atoms with Gasteiger partial charge >= 0.3 is 6.03 Å². The highest BCUT2D eigenvalue weighted by Crippen LogP contribution is 2.24. The van der Waals surface area contributed by atoms with Crippen molar-refractivity contribution in [1.82, 2.24) is 30.5 Å². The number of nitrogens with one attached hydrogen (secondary N) is 2. The fourth-order valence-corrected chi connectivity index (χ4v) is 3.22. The lowest BCUT2D eigenvalue weighted by molar-refractivity contribution is -0.138. The van der Waals surface area contributed by atoms with Gasteiger partial charge in [-0.25, -0.2) is 9.48 Å². The number of benzene rings is 1. The van der Waals surface area contributed by atoms with Crippen molar-refractivity contribution in [2.45, 2.75) is 52.9 Å². The third kappa shape index (κ3) is 4.68. The molecular weight excluding hydrogens is 356 g/mol. The summed E-state index contributed by atoms with van der Waals surface area (Å²) in [5.74, 6) is 0.562. The Morgan fingerprint density at radius 2 is 2.00 bits per heavy atom. The van der Waals surface area contributed by atoms with E-state index in [4.69, 9.17) is 0 Å². The van der Waals surface area contributed by atoms with Crippen LogP contribution in [0.4, 0.5) is 4.79 Å². The van der Waals surface area contributed by atoms with Crippen molar-refractivity contribution in [2.75, 3.05) is 6.54 Å². The lowest BCUT2D eigenvalue weighted by Crippen LogP contribution is -2.42. The second kappa shape index (κ2) is 8.86. The van der Waals surface area contributed by atoms with Crippen LogP contribution in [0.3, 0.4) is 0 Å². The van der Waals surface area contributed by atoms with Crippen LogP contribution < -0.4 is 10.6 Å². The lowest BCUT2D eigenvalue weighted by Gasteiger charge is -2.31. The topological polar surface area (TPSA) is 92.2 Å². The van der Waals surface area contributed by atoms with E-state index in [1.807, 2.05) is 42.2 Å². The average molecular weight is 384 g/mol.